The number of rotatable bonds is 0. The van der Waals surface area contributed by atoms with Crippen molar-refractivity contribution in [2.24, 2.45) is 5.41 Å². The van der Waals surface area contributed by atoms with E-state index >= 15 is 0 Å². The molecule has 0 radical (unpaired) electrons. The minimum Gasteiger partial charge on any atom is -0.273 e. The lowest BCUT2D eigenvalue weighted by Gasteiger charge is -2.30. The molecule has 1 fully saturated rings. The van der Waals surface area contributed by atoms with Crippen molar-refractivity contribution in [3.05, 3.63) is 0 Å². The molecule has 1 rings (SSSR count). The van der Waals surface area contributed by atoms with Crippen LogP contribution in [0.5, 0.6) is 0 Å². The second-order valence-corrected chi connectivity index (χ2v) is 6.28. The molecule has 0 saturated carbocycles. The number of carbonyl (C=O) groups is 3. The molecular weight excluding hydrogens is 308 g/mol. The summed E-state index contributed by atoms with van der Waals surface area (Å²) < 4.78 is -0.807. The predicted molar refractivity (Wildman–Crippen MR) is 50.4 cm³/mol. The average molecular weight is 315 g/mol. The zero-order chi connectivity index (χ0) is 10.4. The quantitative estimate of drug-likeness (QED) is 0.540. The van der Waals surface area contributed by atoms with E-state index in [1.807, 2.05) is 0 Å². The van der Waals surface area contributed by atoms with E-state index in [4.69, 9.17) is 0 Å². The largest absolute Gasteiger partial charge is 0.451 e. The van der Waals surface area contributed by atoms with Gasteiger partial charge in [0.05, 0.1) is 0 Å². The minimum atomic E-state index is -1.22. The van der Waals surface area contributed by atoms with Crippen LogP contribution in [0.4, 0.5) is 4.79 Å². The van der Waals surface area contributed by atoms with Crippen LogP contribution in [-0.2, 0) is 9.59 Å². The Kier molecular flexibility index (Phi) is 2.38. The third-order valence-electron chi connectivity index (χ3n) is 1.83. The number of quaternary nitrogens is 1. The summed E-state index contributed by atoms with van der Waals surface area (Å²) in [6, 6.07) is -0.741. The van der Waals surface area contributed by atoms with E-state index in [1.165, 1.54) is 13.8 Å². The van der Waals surface area contributed by atoms with E-state index in [0.717, 1.165) is 0 Å². The first-order valence-corrected chi connectivity index (χ1v) is 4.82. The fourth-order valence-corrected chi connectivity index (χ4v) is 1.93. The molecule has 72 valence electrons. The van der Waals surface area contributed by atoms with Gasteiger partial charge in [0.2, 0.25) is 0 Å². The van der Waals surface area contributed by atoms with E-state index in [1.54, 1.807) is 0 Å². The molecule has 7 heteroatoms. The van der Waals surface area contributed by atoms with Crippen molar-refractivity contribution in [1.29, 1.82) is 0 Å². The number of urea groups is 1. The van der Waals surface area contributed by atoms with Gasteiger partial charge in [0, 0.05) is 0 Å². The summed E-state index contributed by atoms with van der Waals surface area (Å²) >= 11 is 5.73. The lowest BCUT2D eigenvalue weighted by molar-refractivity contribution is -0.445. The highest BCUT2D eigenvalue weighted by Crippen LogP contribution is 2.36. The third-order valence-corrected chi connectivity index (χ3v) is 3.12. The highest BCUT2D eigenvalue weighted by Gasteiger charge is 2.59. The first kappa shape index (κ1) is 10.8. The summed E-state index contributed by atoms with van der Waals surface area (Å²) in [5, 5.41) is 2.07. The number of nitrogens with zero attached hydrogens (tertiary/aromatic N) is 1. The van der Waals surface area contributed by atoms with Crippen LogP contribution >= 0.6 is 32.3 Å². The van der Waals surface area contributed by atoms with Crippen LogP contribution in [0, 0.1) is 5.41 Å². The number of amides is 4. The average Bonchev–Trinajstić information content (AvgIpc) is 2.00. The number of hydrogen-bond donors (Lipinski definition) is 1. The molecular formula is C6H7Br2N2O3+. The molecule has 0 atom stereocenters. The molecule has 13 heavy (non-hydrogen) atoms. The number of hydrogen-bond acceptors (Lipinski definition) is 3. The fraction of sp³-hybridized carbons (Fsp3) is 0.500. The maximum absolute atomic E-state index is 11.6. The summed E-state index contributed by atoms with van der Waals surface area (Å²) in [7, 11) is 0. The van der Waals surface area contributed by atoms with Gasteiger partial charge in [-0.15, -0.1) is 0 Å². The smallest absolute Gasteiger partial charge is 0.273 e. The number of imide groups is 2. The highest BCUT2D eigenvalue weighted by molar-refractivity contribution is 9.17. The maximum atomic E-state index is 11.6. The molecule has 1 saturated heterocycles. The van der Waals surface area contributed by atoms with Gasteiger partial charge in [-0.05, 0) is 16.4 Å². The molecule has 0 aromatic rings. The van der Waals surface area contributed by atoms with Gasteiger partial charge in [-0.3, -0.25) is 4.79 Å². The Hall–Kier alpha value is -0.270. The normalized spacial score (nSPS) is 25.7. The lowest BCUT2D eigenvalue weighted by atomic mass is 9.90. The topological polar surface area (TPSA) is 63.2 Å². The molecule has 4 amide bonds. The fourth-order valence-electron chi connectivity index (χ4n) is 0.864. The molecule has 0 unspecified atom stereocenters. The number of carbonyl (C=O) groups excluding carboxylic acids is 3. The van der Waals surface area contributed by atoms with Gasteiger partial charge in [-0.25, -0.2) is 14.9 Å². The molecule has 1 N–H and O–H groups in total. The Morgan fingerprint density at radius 1 is 1.23 bits per heavy atom. The van der Waals surface area contributed by atoms with Crippen molar-refractivity contribution in [1.82, 2.24) is 5.32 Å². The molecule has 0 aliphatic carbocycles. The SMILES string of the molecule is CC1(C)C(=O)NC(=O)[N+](Br)(Br)C1=O. The van der Waals surface area contributed by atoms with E-state index in [0.29, 0.717) is 0 Å². The van der Waals surface area contributed by atoms with Gasteiger partial charge in [-0.2, -0.15) is 0 Å². The van der Waals surface area contributed by atoms with Crippen molar-refractivity contribution in [2.75, 3.05) is 0 Å². The number of barbiturate groups is 1. The predicted octanol–water partition coefficient (Wildman–Crippen LogP) is 1.23. The first-order valence-electron chi connectivity index (χ1n) is 3.40. The van der Waals surface area contributed by atoms with Crippen LogP contribution in [0.3, 0.4) is 0 Å². The summed E-state index contributed by atoms with van der Waals surface area (Å²) in [4.78, 5) is 34.0. The van der Waals surface area contributed by atoms with Gasteiger partial charge >= 0.3 is 11.9 Å². The molecule has 0 aromatic heterocycles. The zero-order valence-electron chi connectivity index (χ0n) is 6.93. The van der Waals surface area contributed by atoms with Crippen LogP contribution in [-0.4, -0.2) is 20.4 Å². The van der Waals surface area contributed by atoms with Gasteiger partial charge in [-0.1, -0.05) is 0 Å². The van der Waals surface area contributed by atoms with Gasteiger partial charge < -0.3 is 0 Å². The Morgan fingerprint density at radius 3 is 2.15 bits per heavy atom. The van der Waals surface area contributed by atoms with Crippen molar-refractivity contribution in [3.8, 4) is 0 Å². The molecule has 0 bridgehead atoms. The molecule has 0 spiro atoms. The molecule has 0 aromatic carbocycles. The monoisotopic (exact) mass is 313 g/mol. The standard InChI is InChI=1S/C6H6Br2N2O3/c1-6(2)3(11)9-5(13)10(7,8)4(6)12/h1-2H3/p+1. The molecule has 1 aliphatic rings. The van der Waals surface area contributed by atoms with E-state index in [-0.39, 0.29) is 0 Å². The van der Waals surface area contributed by atoms with Crippen LogP contribution in [0.2, 0.25) is 0 Å². The molecule has 5 nitrogen and oxygen atoms in total. The maximum Gasteiger partial charge on any atom is 0.451 e. The summed E-state index contributed by atoms with van der Waals surface area (Å²) in [5.74, 6) is -1.14. The van der Waals surface area contributed by atoms with Crippen LogP contribution in [0.15, 0.2) is 0 Å². The second-order valence-electron chi connectivity index (χ2n) is 3.20. The number of halogens is 2. The highest BCUT2D eigenvalue weighted by atomic mass is 79.9. The zero-order valence-corrected chi connectivity index (χ0v) is 10.1. The number of nitrogens with one attached hydrogen (secondary N) is 1. The second kappa shape index (κ2) is 2.86. The molecule has 1 heterocycles. The van der Waals surface area contributed by atoms with Crippen LogP contribution in [0.25, 0.3) is 0 Å². The lowest BCUT2D eigenvalue weighted by Crippen LogP contribution is -2.63. The molecule has 1 aliphatic heterocycles. The minimum absolute atomic E-state index is 0.554. The summed E-state index contributed by atoms with van der Waals surface area (Å²) in [6.07, 6.45) is 0. The third kappa shape index (κ3) is 1.44. The Bertz CT molecular complexity index is 283. The van der Waals surface area contributed by atoms with E-state index in [2.05, 4.69) is 37.6 Å². The van der Waals surface area contributed by atoms with Gasteiger partial charge in [0.15, 0.2) is 5.41 Å². The summed E-state index contributed by atoms with van der Waals surface area (Å²) in [6.45, 7) is 2.90. The van der Waals surface area contributed by atoms with Crippen molar-refractivity contribution in [2.45, 2.75) is 13.8 Å². The van der Waals surface area contributed by atoms with Crippen molar-refractivity contribution < 1.29 is 16.9 Å². The van der Waals surface area contributed by atoms with Gasteiger partial charge in [0.25, 0.3) is 38.2 Å². The van der Waals surface area contributed by atoms with Crippen LogP contribution < -0.4 is 5.32 Å². The first-order chi connectivity index (χ1) is 5.70. The van der Waals surface area contributed by atoms with E-state index < -0.39 is 25.8 Å². The van der Waals surface area contributed by atoms with Crippen molar-refractivity contribution in [3.63, 3.8) is 0 Å². The van der Waals surface area contributed by atoms with Gasteiger partial charge in [0.1, 0.15) is 0 Å². The Morgan fingerprint density at radius 2 is 1.69 bits per heavy atom. The van der Waals surface area contributed by atoms with Crippen LogP contribution in [0.1, 0.15) is 13.8 Å². The Labute approximate surface area is 91.7 Å². The van der Waals surface area contributed by atoms with Crippen molar-refractivity contribution >= 4 is 50.1 Å². The van der Waals surface area contributed by atoms with E-state index in [9.17, 15) is 14.4 Å². The summed E-state index contributed by atoms with van der Waals surface area (Å²) in [5.41, 5.74) is -1.22. The Balaban J connectivity index is 3.19.